The normalized spacial score (nSPS) is 21.1. The summed E-state index contributed by atoms with van der Waals surface area (Å²) in [4.78, 5) is 48.1. The van der Waals surface area contributed by atoms with Gasteiger partial charge in [-0.1, -0.05) is 0 Å². The molecule has 156 valence electrons. The van der Waals surface area contributed by atoms with Crippen molar-refractivity contribution in [1.82, 2.24) is 10.2 Å². The molecule has 0 saturated carbocycles. The molecule has 2 aliphatic heterocycles. The minimum absolute atomic E-state index is 0.0375. The first kappa shape index (κ1) is 22.3. The van der Waals surface area contributed by atoms with Gasteiger partial charge in [0.2, 0.25) is 5.91 Å². The van der Waals surface area contributed by atoms with Gasteiger partial charge in [-0.15, -0.1) is 11.8 Å². The highest BCUT2D eigenvalue weighted by Crippen LogP contribution is 2.39. The van der Waals surface area contributed by atoms with Crippen molar-refractivity contribution in [1.29, 1.82) is 0 Å². The number of nitrogens with zero attached hydrogens (tertiary/aromatic N) is 1. The highest BCUT2D eigenvalue weighted by molar-refractivity contribution is 8.00. The van der Waals surface area contributed by atoms with Crippen molar-refractivity contribution in [2.75, 3.05) is 52.5 Å². The monoisotopic (exact) mass is 416 g/mol. The summed E-state index contributed by atoms with van der Waals surface area (Å²) in [6.07, 6.45) is 0.578. The second kappa shape index (κ2) is 11.1. The van der Waals surface area contributed by atoms with Gasteiger partial charge in [-0.25, -0.2) is 0 Å². The molecule has 0 aromatic heterocycles. The van der Waals surface area contributed by atoms with Crippen LogP contribution in [-0.4, -0.2) is 92.9 Å². The molecule has 0 radical (unpaired) electrons. The highest BCUT2D eigenvalue weighted by Gasteiger charge is 2.52. The van der Waals surface area contributed by atoms with Crippen LogP contribution in [0.1, 0.15) is 6.92 Å². The lowest BCUT2D eigenvalue weighted by molar-refractivity contribution is -0.147. The van der Waals surface area contributed by atoms with E-state index < -0.39 is 17.9 Å². The van der Waals surface area contributed by atoms with Crippen LogP contribution in [0.5, 0.6) is 0 Å². The van der Waals surface area contributed by atoms with Crippen LogP contribution in [-0.2, 0) is 38.1 Å². The number of carbonyl (C=O) groups excluding carboxylic acids is 4. The zero-order chi connectivity index (χ0) is 20.5. The van der Waals surface area contributed by atoms with Gasteiger partial charge >= 0.3 is 5.97 Å². The van der Waals surface area contributed by atoms with E-state index in [4.69, 9.17) is 18.9 Å². The van der Waals surface area contributed by atoms with E-state index in [1.807, 2.05) is 0 Å². The molecule has 2 rings (SSSR count). The number of allylic oxidation sites excluding steroid dienone is 1. The summed E-state index contributed by atoms with van der Waals surface area (Å²) in [5.41, 5.74) is 0.770. The van der Waals surface area contributed by atoms with Crippen molar-refractivity contribution < 1.29 is 38.1 Å². The number of esters is 1. The van der Waals surface area contributed by atoms with Gasteiger partial charge in [0.25, 0.3) is 5.91 Å². The first-order valence-corrected chi connectivity index (χ1v) is 9.73. The Morgan fingerprint density at radius 2 is 1.96 bits per heavy atom. The van der Waals surface area contributed by atoms with Crippen molar-refractivity contribution >= 4 is 35.8 Å². The maximum absolute atomic E-state index is 12.4. The number of aldehydes is 1. The molecule has 0 aliphatic carbocycles. The van der Waals surface area contributed by atoms with E-state index in [2.05, 4.69) is 5.32 Å². The minimum Gasteiger partial charge on any atom is -0.461 e. The van der Waals surface area contributed by atoms with Crippen LogP contribution in [0.3, 0.4) is 0 Å². The van der Waals surface area contributed by atoms with Crippen LogP contribution in [0.4, 0.5) is 0 Å². The number of hydrogen-bond acceptors (Lipinski definition) is 9. The third-order valence-electron chi connectivity index (χ3n) is 4.01. The number of β-lactam (4-membered cyclic amide) rings is 1. The molecule has 0 aromatic rings. The number of ether oxygens (including phenoxy) is 4. The van der Waals surface area contributed by atoms with Gasteiger partial charge in [-0.05, 0) is 0 Å². The average molecular weight is 416 g/mol. The maximum Gasteiger partial charge on any atom is 0.302 e. The molecule has 1 N–H and O–H groups in total. The molecule has 10 nitrogen and oxygen atoms in total. The molecule has 0 aromatic carbocycles. The van der Waals surface area contributed by atoms with E-state index in [9.17, 15) is 19.2 Å². The summed E-state index contributed by atoms with van der Waals surface area (Å²) in [7, 11) is 1.58. The Morgan fingerprint density at radius 3 is 2.64 bits per heavy atom. The van der Waals surface area contributed by atoms with Crippen LogP contribution in [0.25, 0.3) is 0 Å². The first-order valence-electron chi connectivity index (χ1n) is 8.68. The second-order valence-corrected chi connectivity index (χ2v) is 7.10. The fourth-order valence-electron chi connectivity index (χ4n) is 2.64. The summed E-state index contributed by atoms with van der Waals surface area (Å²) < 4.78 is 20.2. The van der Waals surface area contributed by atoms with Crippen LogP contribution in [0, 0.1) is 0 Å². The van der Waals surface area contributed by atoms with Crippen LogP contribution < -0.4 is 5.32 Å². The van der Waals surface area contributed by atoms with E-state index in [1.54, 1.807) is 7.11 Å². The Bertz CT molecular complexity index is 639. The molecule has 1 unspecified atom stereocenters. The summed E-state index contributed by atoms with van der Waals surface area (Å²) in [6, 6.07) is -0.718. The number of rotatable bonds is 12. The topological polar surface area (TPSA) is 120 Å². The molecular formula is C17H24N2O8S. The predicted molar refractivity (Wildman–Crippen MR) is 98.3 cm³/mol. The van der Waals surface area contributed by atoms with Gasteiger partial charge in [0, 0.05) is 25.4 Å². The van der Waals surface area contributed by atoms with Gasteiger partial charge in [0.1, 0.15) is 24.6 Å². The third-order valence-corrected chi connectivity index (χ3v) is 5.35. The molecule has 2 atom stereocenters. The summed E-state index contributed by atoms with van der Waals surface area (Å²) in [5.74, 6) is -0.833. The van der Waals surface area contributed by atoms with E-state index in [1.165, 1.54) is 23.6 Å². The smallest absolute Gasteiger partial charge is 0.302 e. The van der Waals surface area contributed by atoms with Gasteiger partial charge in [0.15, 0.2) is 6.29 Å². The lowest BCUT2D eigenvalue weighted by Crippen LogP contribution is -2.70. The van der Waals surface area contributed by atoms with Crippen molar-refractivity contribution in [2.24, 2.45) is 0 Å². The van der Waals surface area contributed by atoms with E-state index in [0.717, 1.165) is 0 Å². The number of fused-ring (bicyclic) bond motifs is 1. The number of methoxy groups -OCH3 is 1. The van der Waals surface area contributed by atoms with Crippen molar-refractivity contribution in [3.63, 3.8) is 0 Å². The number of nitrogens with one attached hydrogen (secondary N) is 1. The largest absolute Gasteiger partial charge is 0.461 e. The quantitative estimate of drug-likeness (QED) is 0.186. The molecular weight excluding hydrogens is 392 g/mol. The van der Waals surface area contributed by atoms with Gasteiger partial charge in [-0.3, -0.25) is 24.1 Å². The Labute approximate surface area is 166 Å². The fourth-order valence-corrected chi connectivity index (χ4v) is 3.99. The Hall–Kier alpha value is -1.95. The van der Waals surface area contributed by atoms with Crippen LogP contribution in [0.15, 0.2) is 11.3 Å². The number of amides is 2. The molecule has 1 saturated heterocycles. The zero-order valence-corrected chi connectivity index (χ0v) is 16.6. The highest BCUT2D eigenvalue weighted by atomic mass is 32.2. The molecule has 0 spiro atoms. The van der Waals surface area contributed by atoms with Crippen molar-refractivity contribution in [3.05, 3.63) is 11.3 Å². The second-order valence-electron chi connectivity index (χ2n) is 6.00. The molecule has 2 aliphatic rings. The van der Waals surface area contributed by atoms with Gasteiger partial charge in [0.05, 0.1) is 32.1 Å². The molecule has 1 fully saturated rings. The lowest BCUT2D eigenvalue weighted by atomic mass is 10.0. The fraction of sp³-hybridized carbons (Fsp3) is 0.647. The predicted octanol–water partition coefficient (Wildman–Crippen LogP) is -0.918. The van der Waals surface area contributed by atoms with Crippen LogP contribution in [0.2, 0.25) is 0 Å². The number of thioether (sulfide) groups is 1. The van der Waals surface area contributed by atoms with Crippen LogP contribution >= 0.6 is 11.8 Å². The van der Waals surface area contributed by atoms with Gasteiger partial charge < -0.3 is 24.3 Å². The maximum atomic E-state index is 12.4. The summed E-state index contributed by atoms with van der Waals surface area (Å²) >= 11 is 1.39. The van der Waals surface area contributed by atoms with Gasteiger partial charge in [-0.2, -0.15) is 0 Å². The number of hydrogen-bond donors (Lipinski definition) is 1. The van der Waals surface area contributed by atoms with E-state index in [0.29, 0.717) is 37.4 Å². The SMILES string of the molecule is COCCOCCOCC(=O)N[C@@H]1C(=O)N2C(C=O)=C(COC(C)=O)CSC12. The molecule has 28 heavy (non-hydrogen) atoms. The molecule has 2 heterocycles. The standard InChI is InChI=1S/C17H24N2O8S/c1-11(21)27-8-12-10-28-17-15(16(23)19(17)13(12)7-20)18-14(22)9-26-6-5-25-4-3-24-2/h7,15,17H,3-6,8-10H2,1-2H3,(H,18,22)/t15-,17?/m1/s1. The van der Waals surface area contributed by atoms with E-state index >= 15 is 0 Å². The lowest BCUT2D eigenvalue weighted by Gasteiger charge is -2.49. The number of carbonyl (C=O) groups is 4. The Morgan fingerprint density at radius 1 is 1.25 bits per heavy atom. The minimum atomic E-state index is -0.718. The molecule has 2 amide bonds. The third kappa shape index (κ3) is 5.77. The Balaban J connectivity index is 1.77. The Kier molecular flexibility index (Phi) is 8.90. The summed E-state index contributed by atoms with van der Waals surface area (Å²) in [6.45, 7) is 2.56. The summed E-state index contributed by atoms with van der Waals surface area (Å²) in [5, 5.41) is 2.26. The molecule has 11 heteroatoms. The first-order chi connectivity index (χ1) is 13.5. The average Bonchev–Trinajstić information content (AvgIpc) is 2.68. The van der Waals surface area contributed by atoms with Crippen molar-refractivity contribution in [2.45, 2.75) is 18.3 Å². The zero-order valence-electron chi connectivity index (χ0n) is 15.8. The van der Waals surface area contributed by atoms with Crippen molar-refractivity contribution in [3.8, 4) is 0 Å². The molecule has 0 bridgehead atoms. The van der Waals surface area contributed by atoms with E-state index in [-0.39, 0.29) is 36.8 Å².